The lowest BCUT2D eigenvalue weighted by Gasteiger charge is -1.99. The lowest BCUT2D eigenvalue weighted by molar-refractivity contribution is 0.982. The lowest BCUT2D eigenvalue weighted by Crippen LogP contribution is -1.87. The van der Waals surface area contributed by atoms with Gasteiger partial charge in [-0.3, -0.25) is 0 Å². The van der Waals surface area contributed by atoms with Gasteiger partial charge in [-0.2, -0.15) is 0 Å². The zero-order valence-corrected chi connectivity index (χ0v) is 19.5. The standard InChI is InChI=1S/C30H24S2/c1-3-7-21(8-4-1)11-13-27-17-25-15-23-20-30-26(16-24(23)19-29(25)31-27)18-28(32-30)14-12-22-9-5-2-6-10-22/h1-10,15-20H,11-14H2. The SMILES string of the molecule is c1ccc(CCc2cc3cc4cc5sc(CCc6ccccc6)cc5cc4cc3s2)cc1. The van der Waals surface area contributed by atoms with E-state index in [1.165, 1.54) is 51.8 Å². The van der Waals surface area contributed by atoms with Crippen LogP contribution in [-0.4, -0.2) is 0 Å². The molecule has 4 aromatic carbocycles. The van der Waals surface area contributed by atoms with Crippen LogP contribution in [0.2, 0.25) is 0 Å². The molecular formula is C30H24S2. The van der Waals surface area contributed by atoms with Crippen LogP contribution in [0.1, 0.15) is 20.9 Å². The average Bonchev–Trinajstić information content (AvgIpc) is 3.42. The number of thiophene rings is 2. The van der Waals surface area contributed by atoms with Crippen molar-refractivity contribution in [1.29, 1.82) is 0 Å². The summed E-state index contributed by atoms with van der Waals surface area (Å²) in [5.41, 5.74) is 2.83. The predicted octanol–water partition coefficient (Wildman–Crippen LogP) is 8.84. The number of aryl methyl sites for hydroxylation is 4. The van der Waals surface area contributed by atoms with E-state index >= 15 is 0 Å². The van der Waals surface area contributed by atoms with Crippen molar-refractivity contribution in [2.75, 3.05) is 0 Å². The Morgan fingerprint density at radius 2 is 0.844 bits per heavy atom. The number of hydrogen-bond acceptors (Lipinski definition) is 2. The Kier molecular flexibility index (Phi) is 5.26. The van der Waals surface area contributed by atoms with E-state index < -0.39 is 0 Å². The van der Waals surface area contributed by atoms with Crippen LogP contribution in [0, 0.1) is 0 Å². The molecule has 0 saturated carbocycles. The first-order valence-corrected chi connectivity index (χ1v) is 12.9. The molecule has 0 saturated heterocycles. The number of hydrogen-bond donors (Lipinski definition) is 0. The Bertz CT molecular complexity index is 1320. The van der Waals surface area contributed by atoms with Crippen LogP contribution in [0.3, 0.4) is 0 Å². The molecule has 2 aromatic heterocycles. The highest BCUT2D eigenvalue weighted by Crippen LogP contribution is 2.35. The third-order valence-corrected chi connectivity index (χ3v) is 8.53. The zero-order valence-electron chi connectivity index (χ0n) is 17.9. The largest absolute Gasteiger partial charge is 0.140 e. The van der Waals surface area contributed by atoms with Crippen molar-refractivity contribution in [3.8, 4) is 0 Å². The minimum Gasteiger partial charge on any atom is -0.140 e. The molecule has 0 bridgehead atoms. The van der Waals surface area contributed by atoms with Gasteiger partial charge in [-0.05, 0) is 94.8 Å². The molecule has 0 amide bonds. The Hall–Kier alpha value is -2.94. The molecule has 2 heterocycles. The van der Waals surface area contributed by atoms with Gasteiger partial charge in [0.05, 0.1) is 0 Å². The first kappa shape index (κ1) is 19.7. The summed E-state index contributed by atoms with van der Waals surface area (Å²) in [6, 6.07) is 35.9. The topological polar surface area (TPSA) is 0 Å². The molecule has 6 aromatic rings. The van der Waals surface area contributed by atoms with E-state index in [9.17, 15) is 0 Å². The van der Waals surface area contributed by atoms with Crippen molar-refractivity contribution in [2.45, 2.75) is 25.7 Å². The summed E-state index contributed by atoms with van der Waals surface area (Å²) in [4.78, 5) is 2.95. The molecule has 0 nitrogen and oxygen atoms in total. The molecule has 2 heteroatoms. The minimum atomic E-state index is 1.11. The highest BCUT2D eigenvalue weighted by atomic mass is 32.1. The highest BCUT2D eigenvalue weighted by molar-refractivity contribution is 7.19. The van der Waals surface area contributed by atoms with Crippen LogP contribution < -0.4 is 0 Å². The van der Waals surface area contributed by atoms with Crippen molar-refractivity contribution >= 4 is 53.6 Å². The van der Waals surface area contributed by atoms with Gasteiger partial charge in [-0.25, -0.2) is 0 Å². The molecule has 0 fully saturated rings. The van der Waals surface area contributed by atoms with Crippen molar-refractivity contribution in [1.82, 2.24) is 0 Å². The summed E-state index contributed by atoms with van der Waals surface area (Å²) in [5, 5.41) is 5.47. The van der Waals surface area contributed by atoms with E-state index in [0.717, 1.165) is 25.7 Å². The van der Waals surface area contributed by atoms with Crippen LogP contribution in [0.15, 0.2) is 97.1 Å². The third-order valence-electron chi connectivity index (χ3n) is 6.22. The Morgan fingerprint density at radius 3 is 1.28 bits per heavy atom. The van der Waals surface area contributed by atoms with Crippen LogP contribution in [0.5, 0.6) is 0 Å². The average molecular weight is 449 g/mol. The molecule has 0 aliphatic rings. The lowest BCUT2D eigenvalue weighted by atomic mass is 10.1. The van der Waals surface area contributed by atoms with E-state index in [-0.39, 0.29) is 0 Å². The predicted molar refractivity (Wildman–Crippen MR) is 142 cm³/mol. The first-order chi connectivity index (χ1) is 15.8. The van der Waals surface area contributed by atoms with Crippen molar-refractivity contribution in [3.63, 3.8) is 0 Å². The van der Waals surface area contributed by atoms with E-state index in [0.29, 0.717) is 0 Å². The van der Waals surface area contributed by atoms with E-state index in [2.05, 4.69) is 97.1 Å². The van der Waals surface area contributed by atoms with Crippen LogP contribution in [0.25, 0.3) is 30.9 Å². The van der Waals surface area contributed by atoms with E-state index in [1.54, 1.807) is 0 Å². The van der Waals surface area contributed by atoms with Crippen molar-refractivity contribution in [3.05, 3.63) is 118 Å². The van der Waals surface area contributed by atoms with Gasteiger partial charge >= 0.3 is 0 Å². The summed E-state index contributed by atoms with van der Waals surface area (Å²) < 4.78 is 2.80. The second kappa shape index (κ2) is 8.54. The number of benzene rings is 4. The van der Waals surface area contributed by atoms with Crippen LogP contribution in [-0.2, 0) is 25.7 Å². The smallest absolute Gasteiger partial charge is 0.0352 e. The van der Waals surface area contributed by atoms with Crippen LogP contribution in [0.4, 0.5) is 0 Å². The fraction of sp³-hybridized carbons (Fsp3) is 0.133. The van der Waals surface area contributed by atoms with Gasteiger partial charge < -0.3 is 0 Å². The minimum absolute atomic E-state index is 1.11. The summed E-state index contributed by atoms with van der Waals surface area (Å²) >= 11 is 3.90. The monoisotopic (exact) mass is 448 g/mol. The van der Waals surface area contributed by atoms with Gasteiger partial charge in [0.2, 0.25) is 0 Å². The molecule has 0 N–H and O–H groups in total. The fourth-order valence-corrected chi connectivity index (χ4v) is 6.69. The van der Waals surface area contributed by atoms with Gasteiger partial charge in [0, 0.05) is 19.2 Å². The third kappa shape index (κ3) is 4.09. The Morgan fingerprint density at radius 1 is 0.406 bits per heavy atom. The molecule has 0 atom stereocenters. The molecule has 0 aliphatic heterocycles. The van der Waals surface area contributed by atoms with Crippen molar-refractivity contribution in [2.24, 2.45) is 0 Å². The maximum absolute atomic E-state index is 2.40. The van der Waals surface area contributed by atoms with Gasteiger partial charge in [0.15, 0.2) is 0 Å². The van der Waals surface area contributed by atoms with Gasteiger partial charge in [-0.1, -0.05) is 60.7 Å². The molecular weight excluding hydrogens is 424 g/mol. The zero-order chi connectivity index (χ0) is 21.3. The van der Waals surface area contributed by atoms with Gasteiger partial charge in [-0.15, -0.1) is 22.7 Å². The van der Waals surface area contributed by atoms with Crippen LogP contribution >= 0.6 is 22.7 Å². The van der Waals surface area contributed by atoms with E-state index in [4.69, 9.17) is 0 Å². The number of fused-ring (bicyclic) bond motifs is 3. The number of rotatable bonds is 6. The normalized spacial score (nSPS) is 11.6. The molecule has 32 heavy (non-hydrogen) atoms. The Balaban J connectivity index is 1.26. The Labute approximate surface area is 196 Å². The molecule has 0 unspecified atom stereocenters. The molecule has 6 rings (SSSR count). The first-order valence-electron chi connectivity index (χ1n) is 11.3. The summed E-state index contributed by atoms with van der Waals surface area (Å²) in [5.74, 6) is 0. The second-order valence-electron chi connectivity index (χ2n) is 8.52. The van der Waals surface area contributed by atoms with E-state index in [1.807, 2.05) is 22.7 Å². The molecule has 0 aliphatic carbocycles. The summed E-state index contributed by atoms with van der Waals surface area (Å²) in [6.07, 6.45) is 4.43. The molecule has 156 valence electrons. The fourth-order valence-electron chi connectivity index (χ4n) is 4.50. The van der Waals surface area contributed by atoms with Gasteiger partial charge in [0.1, 0.15) is 0 Å². The van der Waals surface area contributed by atoms with Gasteiger partial charge in [0.25, 0.3) is 0 Å². The molecule has 0 spiro atoms. The molecule has 0 radical (unpaired) electrons. The van der Waals surface area contributed by atoms with Crippen molar-refractivity contribution < 1.29 is 0 Å². The highest BCUT2D eigenvalue weighted by Gasteiger charge is 2.08. The maximum Gasteiger partial charge on any atom is 0.0352 e. The summed E-state index contributed by atoms with van der Waals surface area (Å²) in [6.45, 7) is 0. The summed E-state index contributed by atoms with van der Waals surface area (Å²) in [7, 11) is 0. The quantitative estimate of drug-likeness (QED) is 0.239. The maximum atomic E-state index is 2.40. The second-order valence-corrected chi connectivity index (χ2v) is 10.9.